The average molecular weight is 495 g/mol. The van der Waals surface area contributed by atoms with Crippen LogP contribution in [0.4, 0.5) is 0 Å². The van der Waals surface area contributed by atoms with Crippen LogP contribution < -0.4 is 10.1 Å². The number of rotatable bonds is 5. The number of aromatic nitrogens is 4. The maximum atomic E-state index is 13.8. The molecule has 3 aromatic rings. The van der Waals surface area contributed by atoms with Gasteiger partial charge >= 0.3 is 0 Å². The van der Waals surface area contributed by atoms with E-state index >= 15 is 0 Å². The first kappa shape index (κ1) is 22.0. The Bertz CT molecular complexity index is 1310. The molecule has 2 saturated heterocycles. The van der Waals surface area contributed by atoms with Crippen LogP contribution in [0.1, 0.15) is 30.4 Å². The molecule has 2 bridgehead atoms. The number of amides is 2. The molecule has 2 N–H and O–H groups in total. The summed E-state index contributed by atoms with van der Waals surface area (Å²) in [5.74, 6) is 0.0498. The number of aliphatic hydroxyl groups is 1. The fraction of sp³-hybridized carbons (Fsp3) is 0.375. The fourth-order valence-corrected chi connectivity index (χ4v) is 5.81. The van der Waals surface area contributed by atoms with Crippen molar-refractivity contribution >= 4 is 23.4 Å². The van der Waals surface area contributed by atoms with E-state index in [1.807, 2.05) is 0 Å². The highest BCUT2D eigenvalue weighted by molar-refractivity contribution is 6.30. The lowest BCUT2D eigenvalue weighted by molar-refractivity contribution is -0.163. The van der Waals surface area contributed by atoms with Gasteiger partial charge in [0.1, 0.15) is 17.6 Å². The summed E-state index contributed by atoms with van der Waals surface area (Å²) in [5.41, 5.74) is -0.826. The Balaban J connectivity index is 1.24. The van der Waals surface area contributed by atoms with E-state index in [0.717, 1.165) is 5.56 Å². The first-order valence-electron chi connectivity index (χ1n) is 11.5. The van der Waals surface area contributed by atoms with Gasteiger partial charge in [-0.1, -0.05) is 29.8 Å². The molecule has 35 heavy (non-hydrogen) atoms. The molecule has 11 heteroatoms. The summed E-state index contributed by atoms with van der Waals surface area (Å²) >= 11 is 6.20. The molecule has 3 aliphatic heterocycles. The quantitative estimate of drug-likeness (QED) is 0.552. The average Bonchev–Trinajstić information content (AvgIpc) is 3.58. The van der Waals surface area contributed by atoms with E-state index in [9.17, 15) is 14.7 Å². The number of fused-ring (bicyclic) bond motifs is 2. The van der Waals surface area contributed by atoms with Crippen molar-refractivity contribution in [3.63, 3.8) is 0 Å². The second-order valence-corrected chi connectivity index (χ2v) is 9.82. The Hall–Kier alpha value is -3.50. The number of benzene rings is 2. The first-order valence-corrected chi connectivity index (χ1v) is 11.9. The lowest BCUT2D eigenvalue weighted by atomic mass is 9.72. The molecule has 1 saturated carbocycles. The number of carbonyl (C=O) groups excluding carboxylic acids is 2. The number of nitrogens with one attached hydrogen (secondary N) is 1. The normalized spacial score (nSPS) is 26.5. The number of ether oxygens (including phenoxy) is 1. The van der Waals surface area contributed by atoms with Gasteiger partial charge in [0.05, 0.1) is 12.3 Å². The van der Waals surface area contributed by atoms with Crippen molar-refractivity contribution in [1.82, 2.24) is 30.4 Å². The third kappa shape index (κ3) is 3.39. The van der Waals surface area contributed by atoms with Gasteiger partial charge in [-0.3, -0.25) is 9.59 Å². The highest BCUT2D eigenvalue weighted by Gasteiger charge is 2.64. The van der Waals surface area contributed by atoms with Crippen molar-refractivity contribution in [2.45, 2.75) is 36.9 Å². The van der Waals surface area contributed by atoms with Crippen LogP contribution in [0.3, 0.4) is 0 Å². The molecule has 4 aliphatic rings. The highest BCUT2D eigenvalue weighted by atomic mass is 35.5. The van der Waals surface area contributed by atoms with Gasteiger partial charge in [0.25, 0.3) is 5.91 Å². The summed E-state index contributed by atoms with van der Waals surface area (Å²) in [6, 6.07) is 12.3. The van der Waals surface area contributed by atoms with Gasteiger partial charge in [-0.05, 0) is 59.0 Å². The predicted octanol–water partition coefficient (Wildman–Crippen LogP) is 1.59. The SMILES string of the molecule is O=C(N1CC2CC1(C(=O)NCc1cc(Cl)ccc1-n1cnnn1)C2)C1(O)CCOc2ccccc21. The summed E-state index contributed by atoms with van der Waals surface area (Å²) in [7, 11) is 0. The number of tetrazole rings is 1. The Morgan fingerprint density at radius 2 is 2.06 bits per heavy atom. The molecule has 2 amide bonds. The summed E-state index contributed by atoms with van der Waals surface area (Å²) < 4.78 is 7.14. The lowest BCUT2D eigenvalue weighted by Crippen LogP contribution is -2.62. The van der Waals surface area contributed by atoms with Gasteiger partial charge in [0.15, 0.2) is 5.60 Å². The summed E-state index contributed by atoms with van der Waals surface area (Å²) in [6.45, 7) is 0.860. The van der Waals surface area contributed by atoms with Gasteiger partial charge in [-0.25, -0.2) is 4.68 Å². The van der Waals surface area contributed by atoms with E-state index in [1.54, 1.807) is 47.4 Å². The Morgan fingerprint density at radius 3 is 2.86 bits per heavy atom. The number of nitrogens with zero attached hydrogens (tertiary/aromatic N) is 5. The van der Waals surface area contributed by atoms with Crippen LogP contribution in [0.5, 0.6) is 5.75 Å². The molecule has 1 aromatic heterocycles. The largest absolute Gasteiger partial charge is 0.493 e. The van der Waals surface area contributed by atoms with Gasteiger partial charge in [-0.15, -0.1) is 5.10 Å². The van der Waals surface area contributed by atoms with E-state index in [2.05, 4.69) is 20.8 Å². The second kappa shape index (κ2) is 8.03. The number of halogens is 1. The fourth-order valence-electron chi connectivity index (χ4n) is 5.62. The molecule has 0 radical (unpaired) electrons. The topological polar surface area (TPSA) is 122 Å². The summed E-state index contributed by atoms with van der Waals surface area (Å²) in [6.07, 6.45) is 2.76. The zero-order chi connectivity index (χ0) is 24.2. The predicted molar refractivity (Wildman–Crippen MR) is 124 cm³/mol. The number of carbonyl (C=O) groups is 2. The molecule has 1 unspecified atom stereocenters. The minimum atomic E-state index is -1.72. The summed E-state index contributed by atoms with van der Waals surface area (Å²) in [5, 5.41) is 26.3. The molecule has 2 aromatic carbocycles. The number of hydrogen-bond donors (Lipinski definition) is 2. The third-order valence-corrected chi connectivity index (χ3v) is 7.60. The Labute approximate surface area is 205 Å². The van der Waals surface area contributed by atoms with Crippen molar-refractivity contribution in [1.29, 1.82) is 0 Å². The van der Waals surface area contributed by atoms with Crippen LogP contribution in [0.2, 0.25) is 5.02 Å². The zero-order valence-electron chi connectivity index (χ0n) is 18.7. The van der Waals surface area contributed by atoms with Crippen molar-refractivity contribution in [3.05, 3.63) is 64.9 Å². The highest BCUT2D eigenvalue weighted by Crippen LogP contribution is 2.53. The van der Waals surface area contributed by atoms with E-state index in [1.165, 1.54) is 11.0 Å². The van der Waals surface area contributed by atoms with Crippen molar-refractivity contribution in [3.8, 4) is 11.4 Å². The molecule has 7 rings (SSSR count). The molecule has 180 valence electrons. The van der Waals surface area contributed by atoms with Gasteiger partial charge in [0, 0.05) is 30.1 Å². The third-order valence-electron chi connectivity index (χ3n) is 7.36. The monoisotopic (exact) mass is 494 g/mol. The van der Waals surface area contributed by atoms with Crippen molar-refractivity contribution < 1.29 is 19.4 Å². The molecule has 10 nitrogen and oxygen atoms in total. The smallest absolute Gasteiger partial charge is 0.260 e. The zero-order valence-corrected chi connectivity index (χ0v) is 19.5. The van der Waals surface area contributed by atoms with Crippen molar-refractivity contribution in [2.24, 2.45) is 5.92 Å². The standard InChI is InChI=1S/C24H23ClN6O4/c25-17-5-6-19(31-14-27-28-29-31)16(9-17)12-26-21(32)23-10-15(11-23)13-30(23)22(33)24(34)7-8-35-20-4-2-1-3-18(20)24/h1-6,9,14-15,34H,7-8,10-13H2,(H,26,32). The summed E-state index contributed by atoms with van der Waals surface area (Å²) in [4.78, 5) is 28.9. The van der Waals surface area contributed by atoms with Crippen LogP contribution in [0, 0.1) is 5.92 Å². The maximum Gasteiger partial charge on any atom is 0.260 e. The minimum Gasteiger partial charge on any atom is -0.493 e. The first-order chi connectivity index (χ1) is 16.9. The van der Waals surface area contributed by atoms with Crippen molar-refractivity contribution in [2.75, 3.05) is 13.2 Å². The minimum absolute atomic E-state index is 0.138. The van der Waals surface area contributed by atoms with Crippen LogP contribution >= 0.6 is 11.6 Å². The van der Waals surface area contributed by atoms with Gasteiger partial charge in [0.2, 0.25) is 5.91 Å². The molecule has 1 atom stereocenters. The van der Waals surface area contributed by atoms with Gasteiger partial charge in [-0.2, -0.15) is 0 Å². The van der Waals surface area contributed by atoms with Crippen LogP contribution in [-0.4, -0.2) is 60.7 Å². The lowest BCUT2D eigenvalue weighted by Gasteiger charge is -2.44. The van der Waals surface area contributed by atoms with E-state index < -0.39 is 17.0 Å². The van der Waals surface area contributed by atoms with Crippen LogP contribution in [0.15, 0.2) is 48.8 Å². The molecule has 0 spiro atoms. The molecular weight excluding hydrogens is 472 g/mol. The van der Waals surface area contributed by atoms with Gasteiger partial charge < -0.3 is 20.1 Å². The number of para-hydroxylation sites is 1. The van der Waals surface area contributed by atoms with E-state index in [0.29, 0.717) is 41.4 Å². The molecular formula is C24H23ClN6O4. The second-order valence-electron chi connectivity index (χ2n) is 9.39. The maximum absolute atomic E-state index is 13.8. The number of hydrogen-bond acceptors (Lipinski definition) is 7. The van der Waals surface area contributed by atoms with E-state index in [-0.39, 0.29) is 31.4 Å². The van der Waals surface area contributed by atoms with Crippen LogP contribution in [-0.2, 0) is 21.7 Å². The molecule has 4 heterocycles. The molecule has 3 fully saturated rings. The van der Waals surface area contributed by atoms with E-state index in [4.69, 9.17) is 16.3 Å². The molecule has 1 aliphatic carbocycles. The Kier molecular flexibility index (Phi) is 5.05. The Morgan fingerprint density at radius 1 is 1.23 bits per heavy atom. The van der Waals surface area contributed by atoms with Crippen LogP contribution in [0.25, 0.3) is 5.69 Å².